The quantitative estimate of drug-likeness (QED) is 0.710. The third-order valence-corrected chi connectivity index (χ3v) is 3.05. The van der Waals surface area contributed by atoms with E-state index in [2.05, 4.69) is 12.1 Å². The zero-order valence-corrected chi connectivity index (χ0v) is 8.13. The summed E-state index contributed by atoms with van der Waals surface area (Å²) in [6.07, 6.45) is 1.30. The van der Waals surface area contributed by atoms with Crippen LogP contribution in [-0.2, 0) is 0 Å². The Hall–Kier alpha value is -0.860. The van der Waals surface area contributed by atoms with Gasteiger partial charge < -0.3 is 10.2 Å². The molecule has 0 amide bonds. The fourth-order valence-electron chi connectivity index (χ4n) is 2.16. The molecule has 0 bridgehead atoms. The monoisotopic (exact) mass is 192 g/mol. The lowest BCUT2D eigenvalue weighted by molar-refractivity contribution is -0.0149. The van der Waals surface area contributed by atoms with Gasteiger partial charge in [0.05, 0.1) is 12.2 Å². The normalized spacial score (nSPS) is 32.9. The highest BCUT2D eigenvalue weighted by Gasteiger charge is 2.27. The van der Waals surface area contributed by atoms with E-state index in [1.807, 2.05) is 18.2 Å². The van der Waals surface area contributed by atoms with Crippen LogP contribution in [0.4, 0.5) is 0 Å². The second-order valence-corrected chi connectivity index (χ2v) is 4.06. The highest BCUT2D eigenvalue weighted by molar-refractivity contribution is 5.20. The van der Waals surface area contributed by atoms with E-state index in [9.17, 15) is 10.2 Å². The molecule has 2 nitrogen and oxygen atoms in total. The number of aliphatic hydroxyl groups excluding tert-OH is 2. The molecule has 14 heavy (non-hydrogen) atoms. The fraction of sp³-hybridized carbons (Fsp3) is 0.500. The Morgan fingerprint density at radius 2 is 1.64 bits per heavy atom. The van der Waals surface area contributed by atoms with Gasteiger partial charge in [0.15, 0.2) is 0 Å². The molecule has 3 atom stereocenters. The van der Waals surface area contributed by atoms with Gasteiger partial charge in [-0.3, -0.25) is 0 Å². The fourth-order valence-corrected chi connectivity index (χ4v) is 2.16. The first-order valence-corrected chi connectivity index (χ1v) is 5.18. The van der Waals surface area contributed by atoms with Gasteiger partial charge in [-0.1, -0.05) is 30.3 Å². The van der Waals surface area contributed by atoms with Gasteiger partial charge in [-0.05, 0) is 30.7 Å². The standard InChI is InChI=1S/C12H16O2/c13-11-7-6-10(8-12(11)14)9-4-2-1-3-5-9/h1-5,10-14H,6-8H2/t10-,11+,12-/m1/s1. The molecular weight excluding hydrogens is 176 g/mol. The molecule has 0 saturated heterocycles. The third kappa shape index (κ3) is 1.97. The molecule has 0 unspecified atom stereocenters. The van der Waals surface area contributed by atoms with E-state index < -0.39 is 12.2 Å². The van der Waals surface area contributed by atoms with Crippen molar-refractivity contribution >= 4 is 0 Å². The minimum absolute atomic E-state index is 0.412. The van der Waals surface area contributed by atoms with Gasteiger partial charge in [-0.2, -0.15) is 0 Å². The van der Waals surface area contributed by atoms with Gasteiger partial charge in [-0.25, -0.2) is 0 Å². The lowest BCUT2D eigenvalue weighted by Crippen LogP contribution is -2.32. The van der Waals surface area contributed by atoms with Gasteiger partial charge in [0, 0.05) is 0 Å². The Morgan fingerprint density at radius 3 is 2.29 bits per heavy atom. The van der Waals surface area contributed by atoms with Crippen LogP contribution in [0.3, 0.4) is 0 Å². The van der Waals surface area contributed by atoms with Crippen molar-refractivity contribution in [3.05, 3.63) is 35.9 Å². The van der Waals surface area contributed by atoms with E-state index in [0.717, 1.165) is 6.42 Å². The average Bonchev–Trinajstić information content (AvgIpc) is 2.23. The summed E-state index contributed by atoms with van der Waals surface area (Å²) >= 11 is 0. The van der Waals surface area contributed by atoms with Crippen molar-refractivity contribution in [2.24, 2.45) is 0 Å². The van der Waals surface area contributed by atoms with Crippen molar-refractivity contribution in [3.63, 3.8) is 0 Å². The number of benzene rings is 1. The number of hydrogen-bond acceptors (Lipinski definition) is 2. The number of aliphatic hydroxyl groups is 2. The van der Waals surface area contributed by atoms with Crippen molar-refractivity contribution in [3.8, 4) is 0 Å². The summed E-state index contributed by atoms with van der Waals surface area (Å²) in [6.45, 7) is 0. The van der Waals surface area contributed by atoms with Gasteiger partial charge in [0.25, 0.3) is 0 Å². The topological polar surface area (TPSA) is 40.5 Å². The van der Waals surface area contributed by atoms with E-state index in [4.69, 9.17) is 0 Å². The van der Waals surface area contributed by atoms with Crippen LogP contribution in [-0.4, -0.2) is 22.4 Å². The molecule has 0 radical (unpaired) electrons. The number of rotatable bonds is 1. The second kappa shape index (κ2) is 4.11. The minimum Gasteiger partial charge on any atom is -0.390 e. The molecule has 1 aliphatic rings. The molecule has 1 fully saturated rings. The molecule has 2 rings (SSSR count). The summed E-state index contributed by atoms with van der Waals surface area (Å²) in [6, 6.07) is 10.2. The zero-order chi connectivity index (χ0) is 9.97. The molecular formula is C12H16O2. The first-order valence-electron chi connectivity index (χ1n) is 5.18. The van der Waals surface area contributed by atoms with Crippen LogP contribution >= 0.6 is 0 Å². The Balaban J connectivity index is 2.07. The second-order valence-electron chi connectivity index (χ2n) is 4.06. The lowest BCUT2D eigenvalue weighted by Gasteiger charge is -2.30. The van der Waals surface area contributed by atoms with E-state index in [0.29, 0.717) is 18.8 Å². The first kappa shape index (κ1) is 9.69. The molecule has 1 aromatic rings. The van der Waals surface area contributed by atoms with Gasteiger partial charge in [0.2, 0.25) is 0 Å². The van der Waals surface area contributed by atoms with Crippen molar-refractivity contribution in [1.29, 1.82) is 0 Å². The highest BCUT2D eigenvalue weighted by Crippen LogP contribution is 2.32. The Bertz CT molecular complexity index is 284. The molecule has 76 valence electrons. The maximum Gasteiger partial charge on any atom is 0.0804 e. The smallest absolute Gasteiger partial charge is 0.0804 e. The summed E-state index contributed by atoms with van der Waals surface area (Å²) in [5.74, 6) is 0.412. The molecule has 1 saturated carbocycles. The Morgan fingerprint density at radius 1 is 0.929 bits per heavy atom. The molecule has 2 heteroatoms. The van der Waals surface area contributed by atoms with Gasteiger partial charge in [0.1, 0.15) is 0 Å². The summed E-state index contributed by atoms with van der Waals surface area (Å²) in [4.78, 5) is 0. The Kier molecular flexibility index (Phi) is 2.85. The van der Waals surface area contributed by atoms with E-state index in [1.165, 1.54) is 5.56 Å². The Labute approximate surface area is 84.2 Å². The van der Waals surface area contributed by atoms with Crippen LogP contribution in [0.25, 0.3) is 0 Å². The van der Waals surface area contributed by atoms with E-state index >= 15 is 0 Å². The molecule has 1 aromatic carbocycles. The summed E-state index contributed by atoms with van der Waals surface area (Å²) in [5.41, 5.74) is 1.28. The third-order valence-electron chi connectivity index (χ3n) is 3.05. The zero-order valence-electron chi connectivity index (χ0n) is 8.13. The van der Waals surface area contributed by atoms with Crippen LogP contribution in [0.15, 0.2) is 30.3 Å². The van der Waals surface area contributed by atoms with Crippen molar-refractivity contribution in [2.45, 2.75) is 37.4 Å². The van der Waals surface area contributed by atoms with Gasteiger partial charge >= 0.3 is 0 Å². The molecule has 0 aliphatic heterocycles. The summed E-state index contributed by atoms with van der Waals surface area (Å²) in [7, 11) is 0. The van der Waals surface area contributed by atoms with Crippen molar-refractivity contribution in [2.75, 3.05) is 0 Å². The van der Waals surface area contributed by atoms with Crippen LogP contribution in [0.2, 0.25) is 0 Å². The van der Waals surface area contributed by atoms with Crippen LogP contribution < -0.4 is 0 Å². The van der Waals surface area contributed by atoms with Gasteiger partial charge in [-0.15, -0.1) is 0 Å². The summed E-state index contributed by atoms with van der Waals surface area (Å²) in [5, 5.41) is 19.0. The predicted molar refractivity (Wildman–Crippen MR) is 55.0 cm³/mol. The highest BCUT2D eigenvalue weighted by atomic mass is 16.3. The maximum atomic E-state index is 9.56. The lowest BCUT2D eigenvalue weighted by atomic mass is 9.81. The van der Waals surface area contributed by atoms with Crippen molar-refractivity contribution < 1.29 is 10.2 Å². The average molecular weight is 192 g/mol. The minimum atomic E-state index is -0.547. The molecule has 1 aliphatic carbocycles. The molecule has 0 heterocycles. The molecule has 0 aromatic heterocycles. The van der Waals surface area contributed by atoms with Crippen LogP contribution in [0.5, 0.6) is 0 Å². The number of hydrogen-bond donors (Lipinski definition) is 2. The largest absolute Gasteiger partial charge is 0.390 e. The predicted octanol–water partition coefficient (Wildman–Crippen LogP) is 1.68. The summed E-state index contributed by atoms with van der Waals surface area (Å²) < 4.78 is 0. The van der Waals surface area contributed by atoms with E-state index in [1.54, 1.807) is 0 Å². The molecule has 2 N–H and O–H groups in total. The van der Waals surface area contributed by atoms with Crippen molar-refractivity contribution in [1.82, 2.24) is 0 Å². The van der Waals surface area contributed by atoms with E-state index in [-0.39, 0.29) is 0 Å². The maximum absolute atomic E-state index is 9.56. The first-order chi connectivity index (χ1) is 6.77. The molecule has 0 spiro atoms. The SMILES string of the molecule is O[C@@H]1C[C@H](c2ccccc2)CC[C@@H]1O. The van der Waals surface area contributed by atoms with Crippen LogP contribution in [0.1, 0.15) is 30.7 Å². The van der Waals surface area contributed by atoms with Crippen LogP contribution in [0, 0.1) is 0 Å².